The van der Waals surface area contributed by atoms with Gasteiger partial charge in [-0.25, -0.2) is 0 Å². The Kier molecular flexibility index (Phi) is 4.33. The second kappa shape index (κ2) is 5.35. The van der Waals surface area contributed by atoms with Crippen molar-refractivity contribution in [1.82, 2.24) is 0 Å². The van der Waals surface area contributed by atoms with Crippen molar-refractivity contribution in [3.63, 3.8) is 0 Å². The molecular weight excluding hydrogens is 212 g/mol. The Hall–Kier alpha value is -1.31. The van der Waals surface area contributed by atoms with Crippen LogP contribution in [0.4, 0.5) is 0 Å². The van der Waals surface area contributed by atoms with E-state index in [4.69, 9.17) is 4.74 Å². The van der Waals surface area contributed by atoms with Crippen LogP contribution in [0, 0.1) is 5.92 Å². The first kappa shape index (κ1) is 13.8. The topological polar surface area (TPSA) is 26.3 Å². The summed E-state index contributed by atoms with van der Waals surface area (Å²) >= 11 is 0. The van der Waals surface area contributed by atoms with Crippen molar-refractivity contribution in [1.29, 1.82) is 0 Å². The number of methoxy groups -OCH3 is 1. The first-order valence-electron chi connectivity index (χ1n) is 6.01. The number of carbonyl (C=O) groups excluding carboxylic acids is 1. The number of carbonyl (C=O) groups is 1. The molecule has 0 spiro atoms. The second-order valence-electron chi connectivity index (χ2n) is 5.60. The minimum Gasteiger partial charge on any atom is -0.496 e. The second-order valence-corrected chi connectivity index (χ2v) is 5.60. The molecule has 0 bridgehead atoms. The third-order valence-corrected chi connectivity index (χ3v) is 2.86. The maximum absolute atomic E-state index is 10.7. The normalized spacial score (nSPS) is 13.2. The van der Waals surface area contributed by atoms with E-state index >= 15 is 0 Å². The summed E-state index contributed by atoms with van der Waals surface area (Å²) < 4.78 is 5.39. The molecule has 17 heavy (non-hydrogen) atoms. The van der Waals surface area contributed by atoms with Crippen LogP contribution in [0.1, 0.15) is 38.8 Å². The van der Waals surface area contributed by atoms with Crippen LogP contribution in [-0.4, -0.2) is 13.4 Å². The van der Waals surface area contributed by atoms with Crippen molar-refractivity contribution in [3.05, 3.63) is 29.3 Å². The van der Waals surface area contributed by atoms with Crippen LogP contribution in [-0.2, 0) is 16.6 Å². The summed E-state index contributed by atoms with van der Waals surface area (Å²) in [6, 6.07) is 6.18. The molecule has 0 aliphatic carbocycles. The molecule has 1 rings (SSSR count). The molecule has 0 aliphatic heterocycles. The molecule has 0 aromatic heterocycles. The van der Waals surface area contributed by atoms with Gasteiger partial charge in [-0.15, -0.1) is 0 Å². The van der Waals surface area contributed by atoms with Crippen LogP contribution in [0.3, 0.4) is 0 Å². The van der Waals surface area contributed by atoms with Crippen LogP contribution in [0.25, 0.3) is 0 Å². The SMILES string of the molecule is COc1ccc(CC(C)C=O)cc1C(C)(C)C. The zero-order valence-corrected chi connectivity index (χ0v) is 11.4. The molecule has 2 nitrogen and oxygen atoms in total. The van der Waals surface area contributed by atoms with Gasteiger partial charge in [-0.05, 0) is 29.0 Å². The number of hydrogen-bond donors (Lipinski definition) is 0. The minimum atomic E-state index is 0.0474. The van der Waals surface area contributed by atoms with Gasteiger partial charge < -0.3 is 9.53 Å². The Bertz CT molecular complexity index is 388. The average molecular weight is 234 g/mol. The maximum atomic E-state index is 10.7. The van der Waals surface area contributed by atoms with E-state index in [1.165, 1.54) is 11.1 Å². The smallest absolute Gasteiger partial charge is 0.123 e. The fourth-order valence-corrected chi connectivity index (χ4v) is 1.89. The van der Waals surface area contributed by atoms with Gasteiger partial charge in [0.1, 0.15) is 12.0 Å². The van der Waals surface area contributed by atoms with Crippen molar-refractivity contribution in [3.8, 4) is 5.75 Å². The maximum Gasteiger partial charge on any atom is 0.123 e. The molecule has 0 fully saturated rings. The molecule has 0 N–H and O–H groups in total. The standard InChI is InChI=1S/C15H22O2/c1-11(10-16)8-12-6-7-14(17-5)13(9-12)15(2,3)4/h6-7,9-11H,8H2,1-5H3. The molecule has 94 valence electrons. The van der Waals surface area contributed by atoms with Crippen molar-refractivity contribution in [2.75, 3.05) is 7.11 Å². The van der Waals surface area contributed by atoms with Gasteiger partial charge in [-0.2, -0.15) is 0 Å². The number of ether oxygens (including phenoxy) is 1. The third-order valence-electron chi connectivity index (χ3n) is 2.86. The molecule has 1 atom stereocenters. The van der Waals surface area contributed by atoms with Crippen molar-refractivity contribution >= 4 is 6.29 Å². The van der Waals surface area contributed by atoms with E-state index in [0.29, 0.717) is 0 Å². The van der Waals surface area contributed by atoms with Gasteiger partial charge in [0.25, 0.3) is 0 Å². The predicted octanol–water partition coefficient (Wildman–Crippen LogP) is 3.37. The van der Waals surface area contributed by atoms with Crippen molar-refractivity contribution < 1.29 is 9.53 Å². The Labute approximate surface area is 104 Å². The molecule has 0 saturated heterocycles. The van der Waals surface area contributed by atoms with Crippen molar-refractivity contribution in [2.45, 2.75) is 39.5 Å². The van der Waals surface area contributed by atoms with Gasteiger partial charge in [-0.1, -0.05) is 39.8 Å². The van der Waals surface area contributed by atoms with E-state index in [2.05, 4.69) is 26.8 Å². The highest BCUT2D eigenvalue weighted by molar-refractivity contribution is 5.54. The summed E-state index contributed by atoms with van der Waals surface area (Å²) in [4.78, 5) is 10.7. The van der Waals surface area contributed by atoms with E-state index < -0.39 is 0 Å². The monoisotopic (exact) mass is 234 g/mol. The van der Waals surface area contributed by atoms with Crippen LogP contribution < -0.4 is 4.74 Å². The lowest BCUT2D eigenvalue weighted by atomic mass is 9.84. The Balaban J connectivity index is 3.09. The molecule has 0 amide bonds. The molecule has 2 heteroatoms. The van der Waals surface area contributed by atoms with E-state index in [1.54, 1.807) is 7.11 Å². The quantitative estimate of drug-likeness (QED) is 0.747. The van der Waals surface area contributed by atoms with Gasteiger partial charge in [-0.3, -0.25) is 0 Å². The summed E-state index contributed by atoms with van der Waals surface area (Å²) in [7, 11) is 1.69. The fraction of sp³-hybridized carbons (Fsp3) is 0.533. The Morgan fingerprint density at radius 1 is 1.35 bits per heavy atom. The lowest BCUT2D eigenvalue weighted by molar-refractivity contribution is -0.110. The summed E-state index contributed by atoms with van der Waals surface area (Å²) in [6.45, 7) is 8.43. The van der Waals surface area contributed by atoms with Gasteiger partial charge in [0.15, 0.2) is 0 Å². The summed E-state index contributed by atoms with van der Waals surface area (Å²) in [6.07, 6.45) is 1.79. The highest BCUT2D eigenvalue weighted by atomic mass is 16.5. The molecule has 0 radical (unpaired) electrons. The molecular formula is C15H22O2. The van der Waals surface area contributed by atoms with Crippen LogP contribution in [0.2, 0.25) is 0 Å². The fourth-order valence-electron chi connectivity index (χ4n) is 1.89. The van der Waals surface area contributed by atoms with Crippen LogP contribution >= 0.6 is 0 Å². The van der Waals surface area contributed by atoms with Crippen molar-refractivity contribution in [2.24, 2.45) is 5.92 Å². The first-order valence-corrected chi connectivity index (χ1v) is 6.01. The number of aldehydes is 1. The number of benzene rings is 1. The van der Waals surface area contributed by atoms with Gasteiger partial charge in [0, 0.05) is 5.92 Å². The molecule has 0 saturated carbocycles. The zero-order valence-electron chi connectivity index (χ0n) is 11.4. The average Bonchev–Trinajstić information content (AvgIpc) is 2.27. The molecule has 0 heterocycles. The summed E-state index contributed by atoms with van der Waals surface area (Å²) in [5.74, 6) is 0.983. The Morgan fingerprint density at radius 3 is 2.47 bits per heavy atom. The third kappa shape index (κ3) is 3.58. The van der Waals surface area contributed by atoms with Crippen LogP contribution in [0.15, 0.2) is 18.2 Å². The first-order chi connectivity index (χ1) is 7.88. The molecule has 0 aliphatic rings. The largest absolute Gasteiger partial charge is 0.496 e. The summed E-state index contributed by atoms with van der Waals surface area (Å²) in [5, 5.41) is 0. The van der Waals surface area contributed by atoms with Gasteiger partial charge in [0.2, 0.25) is 0 Å². The highest BCUT2D eigenvalue weighted by Gasteiger charge is 2.19. The van der Waals surface area contributed by atoms with E-state index in [0.717, 1.165) is 18.5 Å². The lowest BCUT2D eigenvalue weighted by Crippen LogP contribution is -2.14. The van der Waals surface area contributed by atoms with E-state index in [9.17, 15) is 4.79 Å². The molecule has 1 unspecified atom stereocenters. The van der Waals surface area contributed by atoms with E-state index in [-0.39, 0.29) is 11.3 Å². The van der Waals surface area contributed by atoms with Crippen LogP contribution in [0.5, 0.6) is 5.75 Å². The molecule has 1 aromatic carbocycles. The molecule has 1 aromatic rings. The minimum absolute atomic E-state index is 0.0474. The number of rotatable bonds is 4. The predicted molar refractivity (Wildman–Crippen MR) is 70.6 cm³/mol. The zero-order chi connectivity index (χ0) is 13.1. The summed E-state index contributed by atoms with van der Waals surface area (Å²) in [5.41, 5.74) is 2.43. The van der Waals surface area contributed by atoms with Gasteiger partial charge >= 0.3 is 0 Å². The van der Waals surface area contributed by atoms with Gasteiger partial charge in [0.05, 0.1) is 7.11 Å². The number of hydrogen-bond acceptors (Lipinski definition) is 2. The lowest BCUT2D eigenvalue weighted by Gasteiger charge is -2.23. The Morgan fingerprint density at radius 2 is 2.00 bits per heavy atom. The highest BCUT2D eigenvalue weighted by Crippen LogP contribution is 2.32. The van der Waals surface area contributed by atoms with E-state index in [1.807, 2.05) is 19.1 Å².